The number of thioether (sulfide) groups is 1. The van der Waals surface area contributed by atoms with Crippen LogP contribution in [0.1, 0.15) is 10.4 Å². The van der Waals surface area contributed by atoms with E-state index in [1.165, 1.54) is 11.8 Å². The van der Waals surface area contributed by atoms with Gasteiger partial charge in [0.2, 0.25) is 5.91 Å². The Kier molecular flexibility index (Phi) is 6.61. The molecule has 0 atom stereocenters. The Bertz CT molecular complexity index is 944. The van der Waals surface area contributed by atoms with E-state index in [9.17, 15) is 9.59 Å². The highest BCUT2D eigenvalue weighted by Gasteiger charge is 2.25. The van der Waals surface area contributed by atoms with Gasteiger partial charge in [-0.15, -0.1) is 11.8 Å². The minimum Gasteiger partial charge on any atom is -0.486 e. The number of ether oxygens (including phenoxy) is 2. The summed E-state index contributed by atoms with van der Waals surface area (Å²) in [6, 6.07) is 10.5. The zero-order valence-corrected chi connectivity index (χ0v) is 18.4. The molecule has 0 aromatic heterocycles. The first-order chi connectivity index (χ1) is 14.5. The zero-order valence-electron chi connectivity index (χ0n) is 16.1. The van der Waals surface area contributed by atoms with Crippen molar-refractivity contribution in [2.75, 3.05) is 45.1 Å². The molecule has 2 heterocycles. The van der Waals surface area contributed by atoms with Gasteiger partial charge in [-0.3, -0.25) is 9.59 Å². The van der Waals surface area contributed by atoms with Gasteiger partial charge in [0.25, 0.3) is 5.91 Å². The van der Waals surface area contributed by atoms with Gasteiger partial charge in [-0.25, -0.2) is 0 Å². The van der Waals surface area contributed by atoms with E-state index >= 15 is 0 Å². The summed E-state index contributed by atoms with van der Waals surface area (Å²) in [5.41, 5.74) is 0.460. The lowest BCUT2D eigenvalue weighted by Crippen LogP contribution is -2.51. The number of piperazine rings is 1. The standard InChI is InChI=1S/C21H20Cl2N2O4S/c22-15-9-14(10-16(23)11-15)21(27)25-5-3-24(4-6-25)20(26)13-30-17-1-2-18-19(12-17)29-8-7-28-18/h1-2,9-12H,3-8,13H2. The molecular weight excluding hydrogens is 447 g/mol. The molecule has 2 aromatic carbocycles. The van der Waals surface area contributed by atoms with Gasteiger partial charge in [-0.1, -0.05) is 23.2 Å². The van der Waals surface area contributed by atoms with Crippen molar-refractivity contribution in [2.45, 2.75) is 4.90 Å². The predicted octanol–water partition coefficient (Wildman–Crippen LogP) is 3.84. The van der Waals surface area contributed by atoms with Gasteiger partial charge >= 0.3 is 0 Å². The monoisotopic (exact) mass is 466 g/mol. The molecule has 158 valence electrons. The van der Waals surface area contributed by atoms with E-state index in [-0.39, 0.29) is 11.8 Å². The highest BCUT2D eigenvalue weighted by molar-refractivity contribution is 8.00. The maximum Gasteiger partial charge on any atom is 0.254 e. The van der Waals surface area contributed by atoms with Crippen molar-refractivity contribution in [3.8, 4) is 11.5 Å². The second-order valence-corrected chi connectivity index (χ2v) is 8.85. The molecular formula is C21H20Cl2N2O4S. The maximum absolute atomic E-state index is 12.7. The van der Waals surface area contributed by atoms with Crippen LogP contribution in [0, 0.1) is 0 Å². The quantitative estimate of drug-likeness (QED) is 0.640. The molecule has 1 fully saturated rings. The zero-order chi connectivity index (χ0) is 21.1. The molecule has 0 saturated carbocycles. The summed E-state index contributed by atoms with van der Waals surface area (Å²) in [4.78, 5) is 29.8. The van der Waals surface area contributed by atoms with Crippen LogP contribution < -0.4 is 9.47 Å². The van der Waals surface area contributed by atoms with Crippen molar-refractivity contribution in [1.29, 1.82) is 0 Å². The van der Waals surface area contributed by atoms with Gasteiger partial charge in [0, 0.05) is 46.7 Å². The van der Waals surface area contributed by atoms with Crippen LogP contribution in [0.15, 0.2) is 41.3 Å². The molecule has 0 N–H and O–H groups in total. The van der Waals surface area contributed by atoms with Gasteiger partial charge < -0.3 is 19.3 Å². The Morgan fingerprint density at radius 1 is 0.867 bits per heavy atom. The number of amides is 2. The Morgan fingerprint density at radius 3 is 2.20 bits per heavy atom. The van der Waals surface area contributed by atoms with Crippen molar-refractivity contribution in [3.63, 3.8) is 0 Å². The third kappa shape index (κ3) is 4.96. The van der Waals surface area contributed by atoms with E-state index in [0.717, 1.165) is 10.6 Å². The largest absolute Gasteiger partial charge is 0.486 e. The summed E-state index contributed by atoms with van der Waals surface area (Å²) in [5.74, 6) is 1.70. The molecule has 0 aliphatic carbocycles. The molecule has 0 unspecified atom stereocenters. The van der Waals surface area contributed by atoms with Gasteiger partial charge in [0.1, 0.15) is 13.2 Å². The van der Waals surface area contributed by atoms with Crippen LogP contribution in [0.5, 0.6) is 11.5 Å². The number of carbonyl (C=O) groups excluding carboxylic acids is 2. The van der Waals surface area contributed by atoms with Crippen LogP contribution in [-0.2, 0) is 4.79 Å². The van der Waals surface area contributed by atoms with Crippen LogP contribution in [-0.4, -0.2) is 66.8 Å². The van der Waals surface area contributed by atoms with Gasteiger partial charge in [-0.2, -0.15) is 0 Å². The van der Waals surface area contributed by atoms with Crippen LogP contribution in [0.4, 0.5) is 0 Å². The number of halogens is 2. The minimum absolute atomic E-state index is 0.0489. The van der Waals surface area contributed by atoms with E-state index in [4.69, 9.17) is 32.7 Å². The van der Waals surface area contributed by atoms with E-state index < -0.39 is 0 Å². The fourth-order valence-electron chi connectivity index (χ4n) is 3.37. The smallest absolute Gasteiger partial charge is 0.254 e. The van der Waals surface area contributed by atoms with Gasteiger partial charge in [0.05, 0.1) is 5.75 Å². The topological polar surface area (TPSA) is 59.1 Å². The first kappa shape index (κ1) is 21.2. The lowest BCUT2D eigenvalue weighted by atomic mass is 10.2. The summed E-state index contributed by atoms with van der Waals surface area (Å²) in [6.07, 6.45) is 0. The number of benzene rings is 2. The Balaban J connectivity index is 1.28. The molecule has 9 heteroatoms. The fraction of sp³-hybridized carbons (Fsp3) is 0.333. The van der Waals surface area contributed by atoms with Crippen molar-refractivity contribution in [1.82, 2.24) is 9.80 Å². The van der Waals surface area contributed by atoms with Crippen molar-refractivity contribution in [2.24, 2.45) is 0 Å². The number of hydrogen-bond donors (Lipinski definition) is 0. The van der Waals surface area contributed by atoms with Crippen molar-refractivity contribution >= 4 is 46.8 Å². The molecule has 2 aromatic rings. The number of carbonyl (C=O) groups is 2. The van der Waals surface area contributed by atoms with Crippen LogP contribution in [0.3, 0.4) is 0 Å². The molecule has 6 nitrogen and oxygen atoms in total. The molecule has 0 radical (unpaired) electrons. The Labute approximate surface area is 189 Å². The minimum atomic E-state index is -0.128. The van der Waals surface area contributed by atoms with Crippen molar-refractivity contribution in [3.05, 3.63) is 52.0 Å². The Hall–Kier alpha value is -2.09. The summed E-state index contributed by atoms with van der Waals surface area (Å²) < 4.78 is 11.1. The lowest BCUT2D eigenvalue weighted by molar-refractivity contribution is -0.129. The highest BCUT2D eigenvalue weighted by atomic mass is 35.5. The first-order valence-electron chi connectivity index (χ1n) is 9.55. The average Bonchev–Trinajstić information content (AvgIpc) is 2.76. The third-order valence-electron chi connectivity index (χ3n) is 4.91. The molecule has 2 aliphatic rings. The first-order valence-corrected chi connectivity index (χ1v) is 11.3. The highest BCUT2D eigenvalue weighted by Crippen LogP contribution is 2.34. The predicted molar refractivity (Wildman–Crippen MR) is 117 cm³/mol. The van der Waals surface area contributed by atoms with E-state index in [2.05, 4.69) is 0 Å². The second-order valence-electron chi connectivity index (χ2n) is 6.93. The third-order valence-corrected chi connectivity index (χ3v) is 6.32. The lowest BCUT2D eigenvalue weighted by Gasteiger charge is -2.35. The average molecular weight is 467 g/mol. The van der Waals surface area contributed by atoms with Crippen molar-refractivity contribution < 1.29 is 19.1 Å². The molecule has 2 amide bonds. The molecule has 4 rings (SSSR count). The molecule has 30 heavy (non-hydrogen) atoms. The summed E-state index contributed by atoms with van der Waals surface area (Å²) >= 11 is 13.5. The van der Waals surface area contributed by atoms with Crippen LogP contribution >= 0.6 is 35.0 Å². The van der Waals surface area contributed by atoms with Crippen LogP contribution in [0.25, 0.3) is 0 Å². The molecule has 0 bridgehead atoms. The van der Waals surface area contributed by atoms with Crippen LogP contribution in [0.2, 0.25) is 10.0 Å². The number of nitrogens with zero attached hydrogens (tertiary/aromatic N) is 2. The SMILES string of the molecule is O=C(CSc1ccc2c(c1)OCCO2)N1CCN(C(=O)c2cc(Cl)cc(Cl)c2)CC1. The Morgan fingerprint density at radius 2 is 1.50 bits per heavy atom. The summed E-state index contributed by atoms with van der Waals surface area (Å²) in [5, 5.41) is 0.853. The van der Waals surface area contributed by atoms with E-state index in [1.807, 2.05) is 18.2 Å². The number of hydrogen-bond acceptors (Lipinski definition) is 5. The molecule has 2 aliphatic heterocycles. The van der Waals surface area contributed by atoms with E-state index in [1.54, 1.807) is 28.0 Å². The second kappa shape index (κ2) is 9.37. The number of rotatable bonds is 4. The fourth-order valence-corrected chi connectivity index (χ4v) is 4.72. The molecule has 1 saturated heterocycles. The summed E-state index contributed by atoms with van der Waals surface area (Å²) in [6.45, 7) is 3.04. The van der Waals surface area contributed by atoms with Gasteiger partial charge in [-0.05, 0) is 36.4 Å². The molecule has 0 spiro atoms. The number of fused-ring (bicyclic) bond motifs is 1. The summed E-state index contributed by atoms with van der Waals surface area (Å²) in [7, 11) is 0. The van der Waals surface area contributed by atoms with Gasteiger partial charge in [0.15, 0.2) is 11.5 Å². The normalized spacial score (nSPS) is 15.8. The maximum atomic E-state index is 12.7. The van der Waals surface area contributed by atoms with E-state index in [0.29, 0.717) is 66.5 Å².